The third kappa shape index (κ3) is 3.77. The van der Waals surface area contributed by atoms with Crippen LogP contribution >= 0.6 is 0 Å². The number of hydrogen-bond donors (Lipinski definition) is 2. The molecule has 2 heterocycles. The number of carbonyl (C=O) groups excluding carboxylic acids is 2. The highest BCUT2D eigenvalue weighted by Crippen LogP contribution is 2.16. The summed E-state index contributed by atoms with van der Waals surface area (Å²) in [5.41, 5.74) is 1.60. The second kappa shape index (κ2) is 7.10. The summed E-state index contributed by atoms with van der Waals surface area (Å²) in [7, 11) is 0. The van der Waals surface area contributed by atoms with Crippen molar-refractivity contribution in [2.24, 2.45) is 0 Å². The van der Waals surface area contributed by atoms with E-state index in [1.54, 1.807) is 48.7 Å². The molecule has 0 atom stereocenters. The van der Waals surface area contributed by atoms with Gasteiger partial charge in [0.05, 0.1) is 6.20 Å². The monoisotopic (exact) mass is 319 g/mol. The van der Waals surface area contributed by atoms with Crippen molar-refractivity contribution < 1.29 is 9.59 Å². The number of anilines is 2. The molecule has 1 aromatic carbocycles. The summed E-state index contributed by atoms with van der Waals surface area (Å²) >= 11 is 0. The molecule has 3 rings (SSSR count). The van der Waals surface area contributed by atoms with Crippen LogP contribution in [0.4, 0.5) is 11.4 Å². The second-order valence-electron chi connectivity index (χ2n) is 4.79. The number of benzene rings is 1. The van der Waals surface area contributed by atoms with Crippen LogP contribution in [0.2, 0.25) is 0 Å². The number of nitrogens with one attached hydrogen (secondary N) is 2. The molecule has 7 nitrogen and oxygen atoms in total. The van der Waals surface area contributed by atoms with E-state index >= 15 is 0 Å². The smallest absolute Gasteiger partial charge is 0.275 e. The molecule has 0 saturated carbocycles. The van der Waals surface area contributed by atoms with Gasteiger partial charge in [0.25, 0.3) is 11.8 Å². The maximum absolute atomic E-state index is 12.1. The number of aromatic nitrogens is 3. The molecule has 2 aromatic heterocycles. The Morgan fingerprint density at radius 1 is 0.750 bits per heavy atom. The maximum atomic E-state index is 12.1. The third-order valence-corrected chi connectivity index (χ3v) is 3.07. The molecule has 7 heteroatoms. The molecular weight excluding hydrogens is 306 g/mol. The summed E-state index contributed by atoms with van der Waals surface area (Å²) < 4.78 is 0. The van der Waals surface area contributed by atoms with Crippen LogP contribution in [0.1, 0.15) is 21.0 Å². The molecule has 0 radical (unpaired) electrons. The average Bonchev–Trinajstić information content (AvgIpc) is 2.63. The Hall–Kier alpha value is -3.61. The molecule has 0 aliphatic rings. The van der Waals surface area contributed by atoms with Crippen LogP contribution in [0.3, 0.4) is 0 Å². The van der Waals surface area contributed by atoms with Gasteiger partial charge < -0.3 is 10.6 Å². The molecule has 2 amide bonds. The Morgan fingerprint density at radius 2 is 1.46 bits per heavy atom. The Labute approximate surface area is 137 Å². The van der Waals surface area contributed by atoms with E-state index in [9.17, 15) is 9.59 Å². The minimum absolute atomic E-state index is 0.209. The Bertz CT molecular complexity index is 784. The van der Waals surface area contributed by atoms with Gasteiger partial charge in [0.2, 0.25) is 0 Å². The Morgan fingerprint density at radius 3 is 2.08 bits per heavy atom. The summed E-state index contributed by atoms with van der Waals surface area (Å²) in [4.78, 5) is 35.9. The zero-order valence-corrected chi connectivity index (χ0v) is 12.5. The molecule has 2 N–H and O–H groups in total. The molecule has 0 aliphatic heterocycles. The van der Waals surface area contributed by atoms with E-state index < -0.39 is 0 Å². The highest BCUT2D eigenvalue weighted by atomic mass is 16.2. The van der Waals surface area contributed by atoms with Gasteiger partial charge in [0, 0.05) is 30.0 Å². The largest absolute Gasteiger partial charge is 0.321 e. The molecule has 118 valence electrons. The maximum Gasteiger partial charge on any atom is 0.275 e. The first-order valence-corrected chi connectivity index (χ1v) is 7.12. The fraction of sp³-hybridized carbons (Fsp3) is 0. The van der Waals surface area contributed by atoms with Crippen molar-refractivity contribution in [2.75, 3.05) is 10.6 Å². The molecule has 3 aromatic rings. The van der Waals surface area contributed by atoms with Gasteiger partial charge in [-0.3, -0.25) is 19.6 Å². The van der Waals surface area contributed by atoms with Crippen LogP contribution in [0.15, 0.2) is 67.3 Å². The van der Waals surface area contributed by atoms with Crippen molar-refractivity contribution in [3.8, 4) is 0 Å². The van der Waals surface area contributed by atoms with E-state index in [0.29, 0.717) is 17.1 Å². The number of rotatable bonds is 4. The lowest BCUT2D eigenvalue weighted by Crippen LogP contribution is -2.15. The van der Waals surface area contributed by atoms with E-state index in [0.717, 1.165) is 0 Å². The molecule has 24 heavy (non-hydrogen) atoms. The van der Waals surface area contributed by atoms with Gasteiger partial charge in [-0.2, -0.15) is 0 Å². The SMILES string of the molecule is O=C(Nc1cccc(NC(=O)c2cnccn2)c1)c1ccccn1. The molecule has 0 fully saturated rings. The average molecular weight is 319 g/mol. The predicted molar refractivity (Wildman–Crippen MR) is 88.6 cm³/mol. The van der Waals surface area contributed by atoms with Crippen LogP contribution in [0.5, 0.6) is 0 Å². The molecule has 0 unspecified atom stereocenters. The van der Waals surface area contributed by atoms with Crippen molar-refractivity contribution in [2.45, 2.75) is 0 Å². The van der Waals surface area contributed by atoms with Gasteiger partial charge in [-0.1, -0.05) is 12.1 Å². The van der Waals surface area contributed by atoms with E-state index in [2.05, 4.69) is 25.6 Å². The second-order valence-corrected chi connectivity index (χ2v) is 4.79. The van der Waals surface area contributed by atoms with E-state index in [4.69, 9.17) is 0 Å². The molecule has 0 aliphatic carbocycles. The van der Waals surface area contributed by atoms with Crippen molar-refractivity contribution in [1.29, 1.82) is 0 Å². The number of amides is 2. The van der Waals surface area contributed by atoms with Crippen molar-refractivity contribution >= 4 is 23.2 Å². The predicted octanol–water partition coefficient (Wildman–Crippen LogP) is 2.38. The van der Waals surface area contributed by atoms with Crippen molar-refractivity contribution in [1.82, 2.24) is 15.0 Å². The number of pyridine rings is 1. The van der Waals surface area contributed by atoms with Gasteiger partial charge in [-0.25, -0.2) is 4.98 Å². The summed E-state index contributed by atoms with van der Waals surface area (Å²) in [5, 5.41) is 5.43. The minimum Gasteiger partial charge on any atom is -0.321 e. The van der Waals surface area contributed by atoms with E-state index in [1.807, 2.05) is 0 Å². The van der Waals surface area contributed by atoms with Crippen LogP contribution in [-0.2, 0) is 0 Å². The van der Waals surface area contributed by atoms with E-state index in [1.165, 1.54) is 18.6 Å². The lowest BCUT2D eigenvalue weighted by Gasteiger charge is -2.08. The summed E-state index contributed by atoms with van der Waals surface area (Å²) in [6, 6.07) is 11.9. The Kier molecular flexibility index (Phi) is 4.52. The highest BCUT2D eigenvalue weighted by molar-refractivity contribution is 6.05. The van der Waals surface area contributed by atoms with Gasteiger partial charge in [0.15, 0.2) is 0 Å². The van der Waals surface area contributed by atoms with Crippen molar-refractivity contribution in [3.63, 3.8) is 0 Å². The number of hydrogen-bond acceptors (Lipinski definition) is 5. The number of carbonyl (C=O) groups is 2. The standard InChI is InChI=1S/C17H13N5O2/c23-16(14-6-1-2-7-19-14)21-12-4-3-5-13(10-12)22-17(24)15-11-18-8-9-20-15/h1-11H,(H,21,23)(H,22,24). The van der Waals surface area contributed by atoms with Crippen LogP contribution in [-0.4, -0.2) is 26.8 Å². The summed E-state index contributed by atoms with van der Waals surface area (Å²) in [6.45, 7) is 0. The topological polar surface area (TPSA) is 96.9 Å². The molecular formula is C17H13N5O2. The van der Waals surface area contributed by atoms with Gasteiger partial charge in [-0.05, 0) is 30.3 Å². The fourth-order valence-electron chi connectivity index (χ4n) is 1.98. The molecule has 0 spiro atoms. The van der Waals surface area contributed by atoms with E-state index in [-0.39, 0.29) is 17.5 Å². The van der Waals surface area contributed by atoms with Gasteiger partial charge >= 0.3 is 0 Å². The van der Waals surface area contributed by atoms with Crippen LogP contribution in [0, 0.1) is 0 Å². The van der Waals surface area contributed by atoms with Crippen LogP contribution < -0.4 is 10.6 Å². The lowest BCUT2D eigenvalue weighted by atomic mass is 10.2. The van der Waals surface area contributed by atoms with Crippen LogP contribution in [0.25, 0.3) is 0 Å². The zero-order valence-electron chi connectivity index (χ0n) is 12.5. The summed E-state index contributed by atoms with van der Waals surface area (Å²) in [5.74, 6) is -0.704. The quantitative estimate of drug-likeness (QED) is 0.769. The Balaban J connectivity index is 1.70. The minimum atomic E-state index is -0.378. The van der Waals surface area contributed by atoms with Gasteiger partial charge in [0.1, 0.15) is 11.4 Å². The zero-order chi connectivity index (χ0) is 16.8. The first-order valence-electron chi connectivity index (χ1n) is 7.12. The van der Waals surface area contributed by atoms with Crippen molar-refractivity contribution in [3.05, 3.63) is 78.6 Å². The fourth-order valence-corrected chi connectivity index (χ4v) is 1.98. The normalized spacial score (nSPS) is 10.0. The highest BCUT2D eigenvalue weighted by Gasteiger charge is 2.09. The first kappa shape index (κ1) is 15.3. The molecule has 0 bridgehead atoms. The summed E-state index contributed by atoms with van der Waals surface area (Å²) in [6.07, 6.45) is 5.86. The number of nitrogens with zero attached hydrogens (tertiary/aromatic N) is 3. The molecule has 0 saturated heterocycles. The first-order chi connectivity index (χ1) is 11.7. The lowest BCUT2D eigenvalue weighted by molar-refractivity contribution is 0.101. The van der Waals surface area contributed by atoms with Gasteiger partial charge in [-0.15, -0.1) is 0 Å². The third-order valence-electron chi connectivity index (χ3n) is 3.07.